The Hall–Kier alpha value is -2.58. The molecule has 8 nitrogen and oxygen atoms in total. The van der Waals surface area contributed by atoms with E-state index in [0.29, 0.717) is 24.8 Å². The highest BCUT2D eigenvalue weighted by Crippen LogP contribution is 2.34. The zero-order chi connectivity index (χ0) is 20.7. The topological polar surface area (TPSA) is 88.9 Å². The molecule has 0 unspecified atom stereocenters. The van der Waals surface area contributed by atoms with Gasteiger partial charge in [-0.05, 0) is 54.3 Å². The van der Waals surface area contributed by atoms with Crippen molar-refractivity contribution in [2.24, 2.45) is 0 Å². The largest absolute Gasteiger partial charge is 0.379 e. The van der Waals surface area contributed by atoms with Gasteiger partial charge in [0.05, 0.1) is 24.8 Å². The van der Waals surface area contributed by atoms with Crippen LogP contribution >= 0.6 is 0 Å². The molecule has 1 aliphatic carbocycles. The SMILES string of the molecule is Cc1ccc(C)c2[nH]c(=O)c([C@H](c3nnnn3C3CCCC3)N3CCOCC3)cc12. The molecule has 1 aliphatic heterocycles. The molecule has 2 aromatic heterocycles. The van der Waals surface area contributed by atoms with E-state index in [9.17, 15) is 4.79 Å². The zero-order valence-electron chi connectivity index (χ0n) is 17.6. The van der Waals surface area contributed by atoms with E-state index < -0.39 is 0 Å². The second kappa shape index (κ2) is 7.92. The van der Waals surface area contributed by atoms with Crippen LogP contribution in [0.25, 0.3) is 10.9 Å². The van der Waals surface area contributed by atoms with E-state index in [-0.39, 0.29) is 11.6 Å². The van der Waals surface area contributed by atoms with Crippen LogP contribution in [0.15, 0.2) is 23.0 Å². The highest BCUT2D eigenvalue weighted by atomic mass is 16.5. The third kappa shape index (κ3) is 3.33. The van der Waals surface area contributed by atoms with Crippen molar-refractivity contribution in [1.29, 1.82) is 0 Å². The van der Waals surface area contributed by atoms with E-state index in [0.717, 1.165) is 53.8 Å². The number of pyridine rings is 1. The zero-order valence-corrected chi connectivity index (χ0v) is 17.6. The number of hydrogen-bond acceptors (Lipinski definition) is 6. The van der Waals surface area contributed by atoms with Crippen LogP contribution < -0.4 is 5.56 Å². The van der Waals surface area contributed by atoms with Crippen molar-refractivity contribution in [2.75, 3.05) is 26.3 Å². The smallest absolute Gasteiger partial charge is 0.253 e. The number of nitrogens with zero attached hydrogens (tertiary/aromatic N) is 5. The molecule has 1 N–H and O–H groups in total. The molecule has 0 radical (unpaired) electrons. The van der Waals surface area contributed by atoms with Crippen LogP contribution in [0.4, 0.5) is 0 Å². The maximum Gasteiger partial charge on any atom is 0.253 e. The predicted molar refractivity (Wildman–Crippen MR) is 114 cm³/mol. The first-order valence-corrected chi connectivity index (χ1v) is 10.9. The second-order valence-electron chi connectivity index (χ2n) is 8.51. The minimum atomic E-state index is -0.294. The molecule has 8 heteroatoms. The van der Waals surface area contributed by atoms with Crippen molar-refractivity contribution in [2.45, 2.75) is 51.6 Å². The Morgan fingerprint density at radius 1 is 1.13 bits per heavy atom. The van der Waals surface area contributed by atoms with Gasteiger partial charge in [-0.3, -0.25) is 9.69 Å². The number of hydrogen-bond donors (Lipinski definition) is 1. The minimum absolute atomic E-state index is 0.0753. The highest BCUT2D eigenvalue weighted by molar-refractivity contribution is 5.85. The molecule has 0 spiro atoms. The van der Waals surface area contributed by atoms with Gasteiger partial charge in [-0.1, -0.05) is 25.0 Å². The third-order valence-corrected chi connectivity index (χ3v) is 6.61. The van der Waals surface area contributed by atoms with E-state index in [2.05, 4.69) is 38.4 Å². The number of aromatic amines is 1. The number of rotatable bonds is 4. The molecule has 3 aromatic rings. The standard InChI is InChI=1S/C22H28N6O2/c1-14-7-8-15(2)19-17(14)13-18(22(29)23-19)20(27-9-11-30-12-10-27)21-24-25-26-28(21)16-5-3-4-6-16/h7-8,13,16,20H,3-6,9-12H2,1-2H3,(H,23,29)/t20-/m1/s1. The Morgan fingerprint density at radius 2 is 1.87 bits per heavy atom. The molecular formula is C22H28N6O2. The van der Waals surface area contributed by atoms with Gasteiger partial charge in [-0.15, -0.1) is 5.10 Å². The monoisotopic (exact) mass is 408 g/mol. The van der Waals surface area contributed by atoms with E-state index in [1.165, 1.54) is 12.8 Å². The van der Waals surface area contributed by atoms with Crippen LogP contribution in [0.1, 0.15) is 60.3 Å². The quantitative estimate of drug-likeness (QED) is 0.714. The lowest BCUT2D eigenvalue weighted by molar-refractivity contribution is 0.0211. The fourth-order valence-electron chi connectivity index (χ4n) is 4.92. The normalized spacial score (nSPS) is 19.5. The van der Waals surface area contributed by atoms with E-state index >= 15 is 0 Å². The Labute approximate surface area is 175 Å². The molecule has 0 amide bonds. The summed E-state index contributed by atoms with van der Waals surface area (Å²) < 4.78 is 7.55. The number of morpholine rings is 1. The van der Waals surface area contributed by atoms with Crippen LogP contribution in [0, 0.1) is 13.8 Å². The second-order valence-corrected chi connectivity index (χ2v) is 8.51. The molecule has 2 fully saturated rings. The fourth-order valence-corrected chi connectivity index (χ4v) is 4.92. The molecule has 5 rings (SSSR count). The first kappa shape index (κ1) is 19.4. The van der Waals surface area contributed by atoms with E-state index in [1.807, 2.05) is 23.7 Å². The summed E-state index contributed by atoms with van der Waals surface area (Å²) in [6, 6.07) is 6.21. The predicted octanol–water partition coefficient (Wildman–Crippen LogP) is 2.67. The lowest BCUT2D eigenvalue weighted by Crippen LogP contribution is -2.42. The lowest BCUT2D eigenvalue weighted by atomic mass is 9.99. The summed E-state index contributed by atoms with van der Waals surface area (Å²) in [7, 11) is 0. The first-order valence-electron chi connectivity index (χ1n) is 10.9. The average molecular weight is 409 g/mol. The molecular weight excluding hydrogens is 380 g/mol. The van der Waals surface area contributed by atoms with Gasteiger partial charge in [0.15, 0.2) is 5.82 Å². The molecule has 1 atom stereocenters. The van der Waals surface area contributed by atoms with Gasteiger partial charge in [0.25, 0.3) is 5.56 Å². The molecule has 158 valence electrons. The average Bonchev–Trinajstić information content (AvgIpc) is 3.45. The van der Waals surface area contributed by atoms with Gasteiger partial charge >= 0.3 is 0 Å². The molecule has 1 saturated heterocycles. The van der Waals surface area contributed by atoms with Crippen molar-refractivity contribution in [3.63, 3.8) is 0 Å². The Bertz CT molecular complexity index is 1110. The summed E-state index contributed by atoms with van der Waals surface area (Å²) in [6.45, 7) is 6.88. The Morgan fingerprint density at radius 3 is 2.63 bits per heavy atom. The lowest BCUT2D eigenvalue weighted by Gasteiger charge is -2.34. The van der Waals surface area contributed by atoms with Crippen molar-refractivity contribution in [1.82, 2.24) is 30.1 Å². The minimum Gasteiger partial charge on any atom is -0.379 e. The summed E-state index contributed by atoms with van der Waals surface area (Å²) in [5.41, 5.74) is 3.74. The van der Waals surface area contributed by atoms with Gasteiger partial charge in [0.2, 0.25) is 0 Å². The Balaban J connectivity index is 1.68. The summed E-state index contributed by atoms with van der Waals surface area (Å²) in [5, 5.41) is 13.9. The maximum absolute atomic E-state index is 13.3. The summed E-state index contributed by atoms with van der Waals surface area (Å²) >= 11 is 0. The number of benzene rings is 1. The number of H-pyrrole nitrogens is 1. The van der Waals surface area contributed by atoms with Gasteiger partial charge in [0.1, 0.15) is 6.04 Å². The molecule has 0 bridgehead atoms. The van der Waals surface area contributed by atoms with Crippen LogP contribution in [-0.2, 0) is 4.74 Å². The maximum atomic E-state index is 13.3. The number of aryl methyl sites for hydroxylation is 2. The summed E-state index contributed by atoms with van der Waals surface area (Å²) in [4.78, 5) is 18.7. The van der Waals surface area contributed by atoms with Crippen molar-refractivity contribution < 1.29 is 4.74 Å². The van der Waals surface area contributed by atoms with Crippen molar-refractivity contribution in [3.8, 4) is 0 Å². The number of fused-ring (bicyclic) bond motifs is 1. The van der Waals surface area contributed by atoms with Gasteiger partial charge < -0.3 is 9.72 Å². The highest BCUT2D eigenvalue weighted by Gasteiger charge is 2.34. The van der Waals surface area contributed by atoms with Gasteiger partial charge in [-0.2, -0.15) is 0 Å². The number of tetrazole rings is 1. The fraction of sp³-hybridized carbons (Fsp3) is 0.545. The van der Waals surface area contributed by atoms with Crippen LogP contribution in [0.3, 0.4) is 0 Å². The van der Waals surface area contributed by atoms with E-state index in [4.69, 9.17) is 4.74 Å². The van der Waals surface area contributed by atoms with Crippen LogP contribution in [-0.4, -0.2) is 56.4 Å². The van der Waals surface area contributed by atoms with Gasteiger partial charge in [0, 0.05) is 24.0 Å². The molecule has 2 aliphatic rings. The van der Waals surface area contributed by atoms with Gasteiger partial charge in [-0.25, -0.2) is 4.68 Å². The third-order valence-electron chi connectivity index (χ3n) is 6.61. The van der Waals surface area contributed by atoms with Crippen LogP contribution in [0.5, 0.6) is 0 Å². The number of nitrogens with one attached hydrogen (secondary N) is 1. The summed E-state index contributed by atoms with van der Waals surface area (Å²) in [6.07, 6.45) is 4.56. The van der Waals surface area contributed by atoms with Crippen LogP contribution in [0.2, 0.25) is 0 Å². The molecule has 30 heavy (non-hydrogen) atoms. The molecule has 1 aromatic carbocycles. The molecule has 1 saturated carbocycles. The summed E-state index contributed by atoms with van der Waals surface area (Å²) in [5.74, 6) is 0.763. The number of ether oxygens (including phenoxy) is 1. The van der Waals surface area contributed by atoms with Crippen molar-refractivity contribution in [3.05, 3.63) is 51.1 Å². The van der Waals surface area contributed by atoms with Crippen molar-refractivity contribution >= 4 is 10.9 Å². The molecule has 3 heterocycles. The number of aromatic nitrogens is 5. The van der Waals surface area contributed by atoms with E-state index in [1.54, 1.807) is 0 Å². The Kier molecular flexibility index (Phi) is 5.12. The first-order chi connectivity index (χ1) is 14.6.